The number of aryl methyl sites for hydroxylation is 1. The molecule has 10 heteroatoms. The van der Waals surface area contributed by atoms with Crippen LogP contribution < -0.4 is 14.8 Å². The van der Waals surface area contributed by atoms with Gasteiger partial charge in [-0.2, -0.15) is 0 Å². The van der Waals surface area contributed by atoms with Gasteiger partial charge in [0.05, 0.1) is 29.5 Å². The molecule has 2 aromatic rings. The van der Waals surface area contributed by atoms with Crippen molar-refractivity contribution in [1.29, 1.82) is 0 Å². The first-order valence-electron chi connectivity index (χ1n) is 11.1. The van der Waals surface area contributed by atoms with Crippen molar-refractivity contribution in [2.75, 3.05) is 23.7 Å². The SMILES string of the molecule is COc1ccccc1NS(=O)(=O)c1cc(NC(=O)CN2C(=O)[C@H]3CCCC[C@H]3C2=O)ccc1C. The number of anilines is 2. The first-order chi connectivity index (χ1) is 16.2. The fraction of sp³-hybridized carbons (Fsp3) is 0.375. The predicted octanol–water partition coefficient (Wildman–Crippen LogP) is 2.92. The molecular formula is C24H27N3O6S. The lowest BCUT2D eigenvalue weighted by atomic mass is 9.81. The summed E-state index contributed by atoms with van der Waals surface area (Å²) in [6.45, 7) is 1.26. The maximum Gasteiger partial charge on any atom is 0.262 e. The van der Waals surface area contributed by atoms with Gasteiger partial charge >= 0.3 is 0 Å². The molecule has 1 aliphatic carbocycles. The van der Waals surface area contributed by atoms with E-state index < -0.39 is 15.9 Å². The highest BCUT2D eigenvalue weighted by Gasteiger charge is 2.48. The molecule has 4 rings (SSSR count). The van der Waals surface area contributed by atoms with Crippen LogP contribution >= 0.6 is 0 Å². The number of sulfonamides is 1. The molecule has 1 saturated heterocycles. The van der Waals surface area contributed by atoms with Gasteiger partial charge in [-0.15, -0.1) is 0 Å². The summed E-state index contributed by atoms with van der Waals surface area (Å²) in [6, 6.07) is 11.1. The Bertz CT molecular complexity index is 1220. The maximum absolute atomic E-state index is 13.1. The molecule has 1 saturated carbocycles. The molecule has 34 heavy (non-hydrogen) atoms. The molecule has 9 nitrogen and oxygen atoms in total. The number of ether oxygens (including phenoxy) is 1. The number of amides is 3. The number of benzene rings is 2. The lowest BCUT2D eigenvalue weighted by molar-refractivity contribution is -0.142. The van der Waals surface area contributed by atoms with E-state index in [1.165, 1.54) is 13.2 Å². The number of carbonyl (C=O) groups is 3. The second-order valence-electron chi connectivity index (χ2n) is 8.59. The lowest BCUT2D eigenvalue weighted by Gasteiger charge is -2.19. The first kappa shape index (κ1) is 23.7. The normalized spacial score (nSPS) is 20.1. The third-order valence-corrected chi connectivity index (χ3v) is 7.85. The fourth-order valence-corrected chi connectivity index (χ4v) is 5.97. The molecule has 1 heterocycles. The standard InChI is InChI=1S/C24H27N3O6S/c1-15-11-12-16(13-21(15)34(31,32)26-19-9-5-6-10-20(19)33-2)25-22(28)14-27-23(29)17-7-3-4-8-18(17)24(27)30/h5-6,9-13,17-18,26H,3-4,7-8,14H2,1-2H3,(H,25,28)/t17-,18+. The molecular weight excluding hydrogens is 458 g/mol. The van der Waals surface area contributed by atoms with Crippen LogP contribution in [0.25, 0.3) is 0 Å². The van der Waals surface area contributed by atoms with Crippen LogP contribution in [0.4, 0.5) is 11.4 Å². The zero-order valence-electron chi connectivity index (χ0n) is 19.0. The van der Waals surface area contributed by atoms with Gasteiger partial charge in [0.1, 0.15) is 12.3 Å². The largest absolute Gasteiger partial charge is 0.495 e. The molecule has 3 amide bonds. The Balaban J connectivity index is 1.49. The maximum atomic E-state index is 13.1. The van der Waals surface area contributed by atoms with E-state index in [0.717, 1.165) is 17.7 Å². The number of rotatable bonds is 7. The van der Waals surface area contributed by atoms with Gasteiger partial charge < -0.3 is 10.1 Å². The molecule has 2 N–H and O–H groups in total. The van der Waals surface area contributed by atoms with Crippen LogP contribution in [0.3, 0.4) is 0 Å². The Morgan fingerprint density at radius 3 is 2.35 bits per heavy atom. The second kappa shape index (κ2) is 9.46. The number of nitrogens with one attached hydrogen (secondary N) is 2. The molecule has 2 fully saturated rings. The van der Waals surface area contributed by atoms with E-state index in [1.807, 2.05) is 0 Å². The van der Waals surface area contributed by atoms with Gasteiger partial charge in [-0.3, -0.25) is 24.0 Å². The summed E-state index contributed by atoms with van der Waals surface area (Å²) >= 11 is 0. The van der Waals surface area contributed by atoms with Gasteiger partial charge in [0.2, 0.25) is 17.7 Å². The highest BCUT2D eigenvalue weighted by molar-refractivity contribution is 7.92. The van der Waals surface area contributed by atoms with Gasteiger partial charge in [0.25, 0.3) is 10.0 Å². The van der Waals surface area contributed by atoms with E-state index in [0.29, 0.717) is 24.2 Å². The van der Waals surface area contributed by atoms with Crippen LogP contribution in [-0.2, 0) is 24.4 Å². The van der Waals surface area contributed by atoms with E-state index in [4.69, 9.17) is 4.74 Å². The van der Waals surface area contributed by atoms with Crippen LogP contribution in [0.1, 0.15) is 31.2 Å². The number of para-hydroxylation sites is 2. The molecule has 0 unspecified atom stereocenters. The average Bonchev–Trinajstić information content (AvgIpc) is 3.05. The van der Waals surface area contributed by atoms with Crippen molar-refractivity contribution in [2.45, 2.75) is 37.5 Å². The van der Waals surface area contributed by atoms with Crippen molar-refractivity contribution in [1.82, 2.24) is 4.90 Å². The lowest BCUT2D eigenvalue weighted by Crippen LogP contribution is -2.38. The van der Waals surface area contributed by atoms with E-state index in [1.54, 1.807) is 43.3 Å². The molecule has 0 radical (unpaired) electrons. The van der Waals surface area contributed by atoms with E-state index in [9.17, 15) is 22.8 Å². The summed E-state index contributed by atoms with van der Waals surface area (Å²) in [7, 11) is -2.55. The van der Waals surface area contributed by atoms with Crippen molar-refractivity contribution in [3.05, 3.63) is 48.0 Å². The quantitative estimate of drug-likeness (QED) is 0.582. The summed E-state index contributed by atoms with van der Waals surface area (Å²) in [5, 5.41) is 2.62. The summed E-state index contributed by atoms with van der Waals surface area (Å²) in [6.07, 6.45) is 3.16. The summed E-state index contributed by atoms with van der Waals surface area (Å²) in [4.78, 5) is 38.9. The zero-order valence-corrected chi connectivity index (χ0v) is 19.9. The highest BCUT2D eigenvalue weighted by atomic mass is 32.2. The van der Waals surface area contributed by atoms with Crippen LogP contribution in [0.5, 0.6) is 5.75 Å². The van der Waals surface area contributed by atoms with Crippen LogP contribution in [0.15, 0.2) is 47.4 Å². The van der Waals surface area contributed by atoms with Gasteiger partial charge in [-0.1, -0.05) is 31.0 Å². The van der Waals surface area contributed by atoms with Crippen molar-refractivity contribution >= 4 is 39.1 Å². The Morgan fingerprint density at radius 2 is 1.71 bits per heavy atom. The third-order valence-electron chi connectivity index (χ3n) is 6.35. The zero-order chi connectivity index (χ0) is 24.5. The Labute approximate surface area is 198 Å². The van der Waals surface area contributed by atoms with Crippen molar-refractivity contribution < 1.29 is 27.5 Å². The predicted molar refractivity (Wildman–Crippen MR) is 126 cm³/mol. The van der Waals surface area contributed by atoms with Crippen molar-refractivity contribution in [3.8, 4) is 5.75 Å². The Hall–Kier alpha value is -3.40. The van der Waals surface area contributed by atoms with Gasteiger partial charge in [0, 0.05) is 5.69 Å². The molecule has 0 spiro atoms. The van der Waals surface area contributed by atoms with Gasteiger partial charge in [-0.25, -0.2) is 8.42 Å². The second-order valence-corrected chi connectivity index (χ2v) is 10.2. The number of hydrogen-bond acceptors (Lipinski definition) is 6. The number of methoxy groups -OCH3 is 1. The Morgan fingerprint density at radius 1 is 1.06 bits per heavy atom. The summed E-state index contributed by atoms with van der Waals surface area (Å²) < 4.78 is 33.8. The van der Waals surface area contributed by atoms with Gasteiger partial charge in [-0.05, 0) is 49.6 Å². The van der Waals surface area contributed by atoms with E-state index in [2.05, 4.69) is 10.0 Å². The molecule has 0 aromatic heterocycles. The molecule has 180 valence electrons. The fourth-order valence-electron chi connectivity index (χ4n) is 4.63. The first-order valence-corrected chi connectivity index (χ1v) is 12.6. The molecule has 2 aromatic carbocycles. The van der Waals surface area contributed by atoms with Crippen LogP contribution in [0.2, 0.25) is 0 Å². The Kier molecular flexibility index (Phi) is 6.60. The number of fused-ring (bicyclic) bond motifs is 1. The number of likely N-dealkylation sites (tertiary alicyclic amines) is 1. The van der Waals surface area contributed by atoms with E-state index >= 15 is 0 Å². The molecule has 2 aliphatic rings. The van der Waals surface area contributed by atoms with Crippen molar-refractivity contribution in [2.24, 2.45) is 11.8 Å². The third kappa shape index (κ3) is 4.63. The van der Waals surface area contributed by atoms with Crippen molar-refractivity contribution in [3.63, 3.8) is 0 Å². The summed E-state index contributed by atoms with van der Waals surface area (Å²) in [5.41, 5.74) is 1.01. The minimum Gasteiger partial charge on any atom is -0.495 e. The molecule has 1 aliphatic heterocycles. The molecule has 2 atom stereocenters. The number of carbonyl (C=O) groups excluding carboxylic acids is 3. The minimum atomic E-state index is -3.99. The highest BCUT2D eigenvalue weighted by Crippen LogP contribution is 2.38. The summed E-state index contributed by atoms with van der Waals surface area (Å²) in [5.74, 6) is -1.44. The van der Waals surface area contributed by atoms with Crippen LogP contribution in [-0.4, -0.2) is 44.7 Å². The smallest absolute Gasteiger partial charge is 0.262 e. The number of imide groups is 1. The van der Waals surface area contributed by atoms with E-state index in [-0.39, 0.29) is 46.5 Å². The van der Waals surface area contributed by atoms with Gasteiger partial charge in [0.15, 0.2) is 0 Å². The monoisotopic (exact) mass is 485 g/mol. The topological polar surface area (TPSA) is 122 Å². The number of hydrogen-bond donors (Lipinski definition) is 2. The average molecular weight is 486 g/mol. The number of nitrogens with zero attached hydrogens (tertiary/aromatic N) is 1. The minimum absolute atomic E-state index is 0.0180. The van der Waals surface area contributed by atoms with Crippen LogP contribution in [0, 0.1) is 18.8 Å². The molecule has 0 bridgehead atoms.